The van der Waals surface area contributed by atoms with Gasteiger partial charge in [0, 0.05) is 6.42 Å². The lowest BCUT2D eigenvalue weighted by atomic mass is 9.98. The third-order valence-electron chi connectivity index (χ3n) is 2.32. The molecule has 0 aromatic heterocycles. The lowest BCUT2D eigenvalue weighted by Gasteiger charge is -2.28. The molecule has 0 amide bonds. The minimum absolute atomic E-state index is 0.184. The van der Waals surface area contributed by atoms with Gasteiger partial charge in [0.1, 0.15) is 5.76 Å². The second kappa shape index (κ2) is 5.16. The topological polar surface area (TPSA) is 44.8 Å². The van der Waals surface area contributed by atoms with Crippen LogP contribution in [0.5, 0.6) is 0 Å². The van der Waals surface area contributed by atoms with Crippen molar-refractivity contribution >= 4 is 5.97 Å². The molecule has 90 valence electrons. The normalized spacial score (nSPS) is 24.1. The summed E-state index contributed by atoms with van der Waals surface area (Å²) < 4.78 is 15.8. The van der Waals surface area contributed by atoms with Crippen LogP contribution in [0.3, 0.4) is 0 Å². The summed E-state index contributed by atoms with van der Waals surface area (Å²) in [5.74, 6) is 0.0750. The Balaban J connectivity index is 2.93. The number of methoxy groups -OCH3 is 1. The molecule has 4 nitrogen and oxygen atoms in total. The van der Waals surface area contributed by atoms with Crippen molar-refractivity contribution in [3.8, 4) is 0 Å². The highest BCUT2D eigenvalue weighted by Crippen LogP contribution is 2.33. The van der Waals surface area contributed by atoms with E-state index in [-0.39, 0.29) is 6.10 Å². The Bertz CT molecular complexity index is 306. The summed E-state index contributed by atoms with van der Waals surface area (Å²) in [6.07, 6.45) is 3.53. The molecule has 0 aromatic carbocycles. The summed E-state index contributed by atoms with van der Waals surface area (Å²) in [5, 5.41) is 0. The molecule has 1 atom stereocenters. The van der Waals surface area contributed by atoms with Gasteiger partial charge in [-0.1, -0.05) is 6.08 Å². The van der Waals surface area contributed by atoms with Gasteiger partial charge in [-0.3, -0.25) is 0 Å². The van der Waals surface area contributed by atoms with Crippen LogP contribution in [0.25, 0.3) is 0 Å². The molecule has 0 N–H and O–H groups in total. The van der Waals surface area contributed by atoms with Crippen molar-refractivity contribution in [3.63, 3.8) is 0 Å². The van der Waals surface area contributed by atoms with Crippen LogP contribution in [-0.2, 0) is 19.0 Å². The molecular weight excluding hydrogens is 208 g/mol. The zero-order chi connectivity index (χ0) is 12.2. The first kappa shape index (κ1) is 12.8. The second-order valence-electron chi connectivity index (χ2n) is 3.86. The molecule has 1 heterocycles. The van der Waals surface area contributed by atoms with Crippen LogP contribution in [0.1, 0.15) is 20.3 Å². The molecule has 4 heteroatoms. The van der Waals surface area contributed by atoms with Gasteiger partial charge >= 0.3 is 5.97 Å². The van der Waals surface area contributed by atoms with E-state index in [0.29, 0.717) is 18.8 Å². The number of carbonyl (C=O) groups excluding carboxylic acids is 1. The van der Waals surface area contributed by atoms with Crippen molar-refractivity contribution in [3.05, 3.63) is 24.5 Å². The van der Waals surface area contributed by atoms with Gasteiger partial charge < -0.3 is 14.2 Å². The minimum atomic E-state index is -1.14. The third-order valence-corrected chi connectivity index (χ3v) is 2.32. The quantitative estimate of drug-likeness (QED) is 0.530. The number of hydrogen-bond acceptors (Lipinski definition) is 4. The maximum atomic E-state index is 12.0. The van der Waals surface area contributed by atoms with Crippen molar-refractivity contribution in [1.82, 2.24) is 0 Å². The minimum Gasteiger partial charge on any atom is -0.498 e. The molecule has 1 aliphatic rings. The fourth-order valence-electron chi connectivity index (χ4n) is 1.66. The van der Waals surface area contributed by atoms with Crippen molar-refractivity contribution in [2.45, 2.75) is 32.0 Å². The van der Waals surface area contributed by atoms with Crippen LogP contribution in [0, 0.1) is 0 Å². The van der Waals surface area contributed by atoms with Crippen molar-refractivity contribution < 1.29 is 19.0 Å². The van der Waals surface area contributed by atoms with Crippen LogP contribution < -0.4 is 0 Å². The van der Waals surface area contributed by atoms with Crippen molar-refractivity contribution in [2.75, 3.05) is 13.7 Å². The summed E-state index contributed by atoms with van der Waals surface area (Å²) in [5.41, 5.74) is -1.14. The second-order valence-corrected chi connectivity index (χ2v) is 3.86. The van der Waals surface area contributed by atoms with Gasteiger partial charge in [0.25, 0.3) is 0 Å². The number of rotatable bonds is 5. The van der Waals surface area contributed by atoms with E-state index in [0.717, 1.165) is 0 Å². The monoisotopic (exact) mass is 226 g/mol. The highest BCUT2D eigenvalue weighted by molar-refractivity contribution is 5.84. The molecule has 0 saturated carbocycles. The first-order valence-electron chi connectivity index (χ1n) is 5.27. The summed E-state index contributed by atoms with van der Waals surface area (Å²) in [4.78, 5) is 12.0. The maximum absolute atomic E-state index is 12.0. The van der Waals surface area contributed by atoms with Gasteiger partial charge in [-0.25, -0.2) is 4.79 Å². The van der Waals surface area contributed by atoms with E-state index in [9.17, 15) is 4.79 Å². The predicted molar refractivity (Wildman–Crippen MR) is 59.8 cm³/mol. The number of hydrogen-bond donors (Lipinski definition) is 0. The Kier molecular flexibility index (Phi) is 4.12. The Morgan fingerprint density at radius 3 is 2.94 bits per heavy atom. The zero-order valence-electron chi connectivity index (χ0n) is 9.99. The number of esters is 1. The van der Waals surface area contributed by atoms with Crippen LogP contribution in [0.15, 0.2) is 24.5 Å². The van der Waals surface area contributed by atoms with Crippen LogP contribution in [-0.4, -0.2) is 31.4 Å². The number of ether oxygens (including phenoxy) is 3. The Hall–Kier alpha value is -1.29. The molecule has 16 heavy (non-hydrogen) atoms. The van der Waals surface area contributed by atoms with E-state index in [1.807, 2.05) is 0 Å². The standard InChI is InChI=1S/C12H18O4/c1-5-7-12(11(13)16-9(2)3)10(14-4)6-8-15-12/h5-6,9H,1,7-8H2,2-4H3. The van der Waals surface area contributed by atoms with Gasteiger partial charge in [0.05, 0.1) is 19.8 Å². The highest BCUT2D eigenvalue weighted by Gasteiger charge is 2.48. The molecule has 0 saturated heterocycles. The van der Waals surface area contributed by atoms with E-state index in [1.165, 1.54) is 7.11 Å². The Morgan fingerprint density at radius 2 is 2.44 bits per heavy atom. The van der Waals surface area contributed by atoms with Crippen molar-refractivity contribution in [1.29, 1.82) is 0 Å². The average molecular weight is 226 g/mol. The summed E-state index contributed by atoms with van der Waals surface area (Å²) in [6, 6.07) is 0. The molecule has 0 fully saturated rings. The van der Waals surface area contributed by atoms with Gasteiger partial charge in [-0.15, -0.1) is 6.58 Å². The lowest BCUT2D eigenvalue weighted by molar-refractivity contribution is -0.171. The van der Waals surface area contributed by atoms with Crippen LogP contribution in [0.4, 0.5) is 0 Å². The van der Waals surface area contributed by atoms with Crippen molar-refractivity contribution in [2.24, 2.45) is 0 Å². The Labute approximate surface area is 95.9 Å². The van der Waals surface area contributed by atoms with Gasteiger partial charge in [0.2, 0.25) is 5.60 Å². The van der Waals surface area contributed by atoms with Gasteiger partial charge in [-0.2, -0.15) is 0 Å². The Morgan fingerprint density at radius 1 is 1.75 bits per heavy atom. The fraction of sp³-hybridized carbons (Fsp3) is 0.583. The predicted octanol–water partition coefficient (Wildman–Crippen LogP) is 1.81. The molecule has 1 unspecified atom stereocenters. The molecule has 0 bridgehead atoms. The first-order chi connectivity index (χ1) is 7.56. The van der Waals surface area contributed by atoms with E-state index in [4.69, 9.17) is 14.2 Å². The van der Waals surface area contributed by atoms with E-state index in [2.05, 4.69) is 6.58 Å². The molecule has 0 aromatic rings. The molecule has 1 rings (SSSR count). The SMILES string of the molecule is C=CCC1(C(=O)OC(C)C)OCC=C1OC. The van der Waals surface area contributed by atoms with Gasteiger partial charge in [0.15, 0.2) is 0 Å². The summed E-state index contributed by atoms with van der Waals surface area (Å²) in [6.45, 7) is 7.57. The molecular formula is C12H18O4. The van der Waals surface area contributed by atoms with E-state index >= 15 is 0 Å². The highest BCUT2D eigenvalue weighted by atomic mass is 16.6. The zero-order valence-corrected chi connectivity index (χ0v) is 9.99. The molecule has 1 aliphatic heterocycles. The van der Waals surface area contributed by atoms with E-state index < -0.39 is 11.6 Å². The van der Waals surface area contributed by atoms with E-state index in [1.54, 1.807) is 26.0 Å². The largest absolute Gasteiger partial charge is 0.498 e. The molecule has 0 aliphatic carbocycles. The van der Waals surface area contributed by atoms with Crippen LogP contribution in [0.2, 0.25) is 0 Å². The molecule has 0 spiro atoms. The van der Waals surface area contributed by atoms with Gasteiger partial charge in [-0.05, 0) is 19.9 Å². The maximum Gasteiger partial charge on any atom is 0.347 e. The smallest absolute Gasteiger partial charge is 0.347 e. The first-order valence-corrected chi connectivity index (χ1v) is 5.27. The summed E-state index contributed by atoms with van der Waals surface area (Å²) >= 11 is 0. The fourth-order valence-corrected chi connectivity index (χ4v) is 1.66. The third kappa shape index (κ3) is 2.27. The van der Waals surface area contributed by atoms with Crippen LogP contribution >= 0.6 is 0 Å². The number of carbonyl (C=O) groups is 1. The summed E-state index contributed by atoms with van der Waals surface area (Å²) in [7, 11) is 1.51. The lowest BCUT2D eigenvalue weighted by Crippen LogP contribution is -2.43. The average Bonchev–Trinajstić information content (AvgIpc) is 2.61. The molecule has 0 radical (unpaired) electrons.